The van der Waals surface area contributed by atoms with Gasteiger partial charge in [0.15, 0.2) is 5.72 Å². The van der Waals surface area contributed by atoms with Gasteiger partial charge >= 0.3 is 0 Å². The third-order valence-corrected chi connectivity index (χ3v) is 5.81. The molecule has 3 fully saturated rings. The van der Waals surface area contributed by atoms with Crippen molar-refractivity contribution in [2.24, 2.45) is 0 Å². The van der Waals surface area contributed by atoms with Crippen molar-refractivity contribution in [3.63, 3.8) is 0 Å². The number of carbonyl (C=O) groups is 2. The predicted octanol–water partition coefficient (Wildman–Crippen LogP) is 1.50. The van der Waals surface area contributed by atoms with Crippen molar-refractivity contribution < 1.29 is 19.4 Å². The van der Waals surface area contributed by atoms with Gasteiger partial charge in [0.05, 0.1) is 24.0 Å². The second kappa shape index (κ2) is 7.73. The summed E-state index contributed by atoms with van der Waals surface area (Å²) in [5.74, 6) is 0.242. The predicted molar refractivity (Wildman–Crippen MR) is 101 cm³/mol. The van der Waals surface area contributed by atoms with Crippen LogP contribution in [-0.2, 0) is 20.9 Å². The van der Waals surface area contributed by atoms with Crippen LogP contribution in [0.4, 0.5) is 0 Å². The number of carboxylic acid groups (broad SMARTS) is 1. The number of amides is 1. The summed E-state index contributed by atoms with van der Waals surface area (Å²) in [6.45, 7) is 3.08. The minimum atomic E-state index is -0.382. The zero-order chi connectivity index (χ0) is 19.6. The highest BCUT2D eigenvalue weighted by atomic mass is 16.5. The third-order valence-electron chi connectivity index (χ3n) is 5.81. The van der Waals surface area contributed by atoms with Crippen LogP contribution in [0.25, 0.3) is 5.69 Å². The van der Waals surface area contributed by atoms with Gasteiger partial charge in [0.2, 0.25) is 5.91 Å². The highest BCUT2D eigenvalue weighted by Gasteiger charge is 2.60. The first-order valence-corrected chi connectivity index (χ1v) is 9.54. The highest BCUT2D eigenvalue weighted by Crippen LogP contribution is 2.45. The Balaban J connectivity index is 0.000000604. The van der Waals surface area contributed by atoms with E-state index in [1.54, 1.807) is 0 Å². The summed E-state index contributed by atoms with van der Waals surface area (Å²) in [7, 11) is 0. The van der Waals surface area contributed by atoms with E-state index in [0.29, 0.717) is 6.42 Å². The minimum absolute atomic E-state index is 0.152. The molecule has 1 aromatic heterocycles. The molecule has 28 heavy (non-hydrogen) atoms. The van der Waals surface area contributed by atoms with E-state index in [-0.39, 0.29) is 24.1 Å². The van der Waals surface area contributed by atoms with Crippen molar-refractivity contribution in [2.45, 2.75) is 37.6 Å². The van der Waals surface area contributed by atoms with Gasteiger partial charge in [-0.05, 0) is 24.6 Å². The van der Waals surface area contributed by atoms with Gasteiger partial charge < -0.3 is 14.7 Å². The van der Waals surface area contributed by atoms with E-state index >= 15 is 0 Å². The molecule has 2 atom stereocenters. The van der Waals surface area contributed by atoms with Crippen molar-refractivity contribution in [3.05, 3.63) is 48.3 Å². The van der Waals surface area contributed by atoms with Gasteiger partial charge in [-0.15, -0.1) is 0 Å². The maximum atomic E-state index is 12.5. The van der Waals surface area contributed by atoms with Crippen molar-refractivity contribution in [1.29, 1.82) is 0 Å². The first-order chi connectivity index (χ1) is 13.7. The quantitative estimate of drug-likeness (QED) is 0.807. The molecule has 1 N–H and O–H groups in total. The number of ether oxygens (including phenoxy) is 1. The normalized spacial score (nSPS) is 26.4. The zero-order valence-corrected chi connectivity index (χ0v) is 15.6. The zero-order valence-electron chi connectivity index (χ0n) is 15.6. The summed E-state index contributed by atoms with van der Waals surface area (Å²) in [5, 5.41) is 11.4. The van der Waals surface area contributed by atoms with Crippen LogP contribution in [0.2, 0.25) is 0 Å². The first-order valence-electron chi connectivity index (χ1n) is 9.54. The fourth-order valence-corrected chi connectivity index (χ4v) is 4.68. The second-order valence-electron chi connectivity index (χ2n) is 7.21. The number of rotatable bonds is 3. The van der Waals surface area contributed by atoms with Crippen LogP contribution >= 0.6 is 0 Å². The van der Waals surface area contributed by atoms with Gasteiger partial charge in [-0.2, -0.15) is 5.10 Å². The smallest absolute Gasteiger partial charge is 0.290 e. The Labute approximate surface area is 163 Å². The number of para-hydroxylation sites is 1. The van der Waals surface area contributed by atoms with Crippen molar-refractivity contribution >= 4 is 12.4 Å². The molecule has 5 rings (SSSR count). The summed E-state index contributed by atoms with van der Waals surface area (Å²) in [4.78, 5) is 25.2. The number of aromatic nitrogens is 2. The maximum absolute atomic E-state index is 12.5. The maximum Gasteiger partial charge on any atom is 0.290 e. The van der Waals surface area contributed by atoms with E-state index in [4.69, 9.17) is 14.6 Å². The third kappa shape index (κ3) is 3.08. The lowest BCUT2D eigenvalue weighted by atomic mass is 10.0. The molecule has 0 unspecified atom stereocenters. The molecule has 3 saturated heterocycles. The van der Waals surface area contributed by atoms with Gasteiger partial charge in [0, 0.05) is 38.7 Å². The summed E-state index contributed by atoms with van der Waals surface area (Å²) in [6, 6.07) is 12.4. The van der Waals surface area contributed by atoms with Gasteiger partial charge in [-0.1, -0.05) is 18.2 Å². The van der Waals surface area contributed by atoms with E-state index in [1.165, 1.54) is 0 Å². The largest absolute Gasteiger partial charge is 0.483 e. The Hall–Kier alpha value is -2.71. The number of benzene rings is 1. The van der Waals surface area contributed by atoms with Crippen LogP contribution in [-0.4, -0.2) is 68.5 Å². The summed E-state index contributed by atoms with van der Waals surface area (Å²) >= 11 is 0. The fourth-order valence-electron chi connectivity index (χ4n) is 4.68. The van der Waals surface area contributed by atoms with Crippen molar-refractivity contribution in [2.75, 3.05) is 19.7 Å². The number of nitrogens with zero attached hydrogens (tertiary/aromatic N) is 4. The van der Waals surface area contributed by atoms with Crippen molar-refractivity contribution in [3.8, 4) is 5.69 Å². The summed E-state index contributed by atoms with van der Waals surface area (Å²) < 4.78 is 8.18. The monoisotopic (exact) mass is 384 g/mol. The van der Waals surface area contributed by atoms with Crippen molar-refractivity contribution in [1.82, 2.24) is 19.6 Å². The molecule has 0 saturated carbocycles. The molecule has 4 heterocycles. The molecule has 2 aromatic rings. The van der Waals surface area contributed by atoms with Crippen LogP contribution in [0.15, 0.2) is 42.6 Å². The molecule has 1 aromatic carbocycles. The lowest BCUT2D eigenvalue weighted by Crippen LogP contribution is -2.56. The van der Waals surface area contributed by atoms with Gasteiger partial charge in [-0.3, -0.25) is 14.5 Å². The molecular formula is C20H24N4O4. The van der Waals surface area contributed by atoms with Crippen LogP contribution in [0.1, 0.15) is 25.0 Å². The highest BCUT2D eigenvalue weighted by molar-refractivity contribution is 5.81. The lowest BCUT2D eigenvalue weighted by molar-refractivity contribution is -0.180. The molecule has 3 aliphatic rings. The molecule has 0 radical (unpaired) electrons. The molecule has 0 aliphatic carbocycles. The topological polar surface area (TPSA) is 87.9 Å². The van der Waals surface area contributed by atoms with E-state index in [1.807, 2.05) is 34.0 Å². The SMILES string of the molecule is O=C1C[C@H]2N(Cc3ccnn3-c3ccccc3)CC[C@]23OCCCN13.O=CO. The molecular weight excluding hydrogens is 360 g/mol. The summed E-state index contributed by atoms with van der Waals surface area (Å²) in [6.07, 6.45) is 4.26. The number of carbonyl (C=O) groups excluding carboxylic acids is 1. The molecule has 1 amide bonds. The average molecular weight is 384 g/mol. The Kier molecular flexibility index (Phi) is 5.15. The molecule has 0 bridgehead atoms. The Morgan fingerprint density at radius 2 is 2.04 bits per heavy atom. The second-order valence-corrected chi connectivity index (χ2v) is 7.21. The average Bonchev–Trinajstić information content (AvgIpc) is 3.38. The minimum Gasteiger partial charge on any atom is -0.483 e. The lowest BCUT2D eigenvalue weighted by Gasteiger charge is -2.42. The van der Waals surface area contributed by atoms with Crippen LogP contribution in [0.5, 0.6) is 0 Å². The standard InChI is InChI=1S/C19H22N4O2.CH2O2/c24-18-13-17-19(22(18)10-4-12-25-19)8-11-21(17)14-16-7-9-20-23(16)15-5-2-1-3-6-15;2-1-3/h1-3,5-7,9,17H,4,8,10-14H2;1H,(H,2,3)/t17-,19+;/m1./s1. The van der Waals surface area contributed by atoms with Crippen LogP contribution in [0, 0.1) is 0 Å². The van der Waals surface area contributed by atoms with Gasteiger partial charge in [0.1, 0.15) is 0 Å². The number of hydrogen-bond donors (Lipinski definition) is 1. The van der Waals surface area contributed by atoms with E-state index in [2.05, 4.69) is 28.2 Å². The summed E-state index contributed by atoms with van der Waals surface area (Å²) in [5.41, 5.74) is 1.83. The van der Waals surface area contributed by atoms with Gasteiger partial charge in [-0.25, -0.2) is 4.68 Å². The molecule has 148 valence electrons. The molecule has 3 aliphatic heterocycles. The number of hydrogen-bond acceptors (Lipinski definition) is 5. The molecule has 8 nitrogen and oxygen atoms in total. The number of likely N-dealkylation sites (tertiary alicyclic amines) is 1. The fraction of sp³-hybridized carbons (Fsp3) is 0.450. The Morgan fingerprint density at radius 1 is 1.25 bits per heavy atom. The van der Waals surface area contributed by atoms with E-state index in [0.717, 1.165) is 50.5 Å². The van der Waals surface area contributed by atoms with Crippen LogP contribution in [0.3, 0.4) is 0 Å². The Morgan fingerprint density at radius 3 is 2.82 bits per heavy atom. The van der Waals surface area contributed by atoms with Gasteiger partial charge in [0.25, 0.3) is 6.47 Å². The Bertz CT molecular complexity index is 840. The van der Waals surface area contributed by atoms with E-state index in [9.17, 15) is 4.79 Å². The van der Waals surface area contributed by atoms with E-state index < -0.39 is 0 Å². The molecule has 8 heteroatoms. The molecule has 1 spiro atoms. The van der Waals surface area contributed by atoms with Crippen LogP contribution < -0.4 is 0 Å². The first kappa shape index (κ1) is 18.6.